The van der Waals surface area contributed by atoms with Crippen molar-refractivity contribution in [2.24, 2.45) is 5.92 Å². The van der Waals surface area contributed by atoms with E-state index < -0.39 is 5.60 Å². The summed E-state index contributed by atoms with van der Waals surface area (Å²) in [6.07, 6.45) is 1.39. The van der Waals surface area contributed by atoms with Crippen LogP contribution in [0.3, 0.4) is 0 Å². The smallest absolute Gasteiger partial charge is 0.410 e. The maximum absolute atomic E-state index is 11.8. The summed E-state index contributed by atoms with van der Waals surface area (Å²) in [6.45, 7) is 6.43. The third-order valence-electron chi connectivity index (χ3n) is 2.79. The largest absolute Gasteiger partial charge is 0.466 e. The number of carbonyl (C=O) groups excluding carboxylic acids is 2. The van der Waals surface area contributed by atoms with Crippen LogP contribution in [0.1, 0.15) is 20.8 Å². The quantitative estimate of drug-likeness (QED) is 0.580. The molecule has 1 amide bonds. The Kier molecular flexibility index (Phi) is 5.03. The minimum atomic E-state index is -0.507. The summed E-state index contributed by atoms with van der Waals surface area (Å²) in [5.41, 5.74) is 0.0737. The fraction of sp³-hybridized carbons (Fsp3) is 0.714. The van der Waals surface area contributed by atoms with Crippen LogP contribution in [0.2, 0.25) is 0 Å². The molecular weight excluding hydrogens is 260 g/mol. The Bertz CT molecular complexity index is 404. The van der Waals surface area contributed by atoms with Crippen molar-refractivity contribution in [2.45, 2.75) is 26.4 Å². The van der Waals surface area contributed by atoms with Crippen LogP contribution in [0.15, 0.2) is 11.8 Å². The second kappa shape index (κ2) is 6.15. The van der Waals surface area contributed by atoms with E-state index >= 15 is 0 Å². The van der Waals surface area contributed by atoms with E-state index in [1.165, 1.54) is 7.11 Å². The summed E-state index contributed by atoms with van der Waals surface area (Å²) < 4.78 is 10.1. The molecule has 1 heterocycles. The molecule has 0 unspecified atom stereocenters. The number of carbonyl (C=O) groups is 2. The van der Waals surface area contributed by atoms with Crippen LogP contribution in [0.5, 0.6) is 0 Å². The van der Waals surface area contributed by atoms with Crippen LogP contribution < -0.4 is 0 Å². The molecule has 0 atom stereocenters. The molecule has 114 valence electrons. The molecule has 6 nitrogen and oxygen atoms in total. The lowest BCUT2D eigenvalue weighted by molar-refractivity contribution is -0.137. The second-order valence-corrected chi connectivity index (χ2v) is 6.12. The molecule has 1 rings (SSSR count). The lowest BCUT2D eigenvalue weighted by Crippen LogP contribution is -2.53. The van der Waals surface area contributed by atoms with E-state index in [1.54, 1.807) is 16.0 Å². The van der Waals surface area contributed by atoms with Crippen LogP contribution in [0.25, 0.3) is 0 Å². The van der Waals surface area contributed by atoms with E-state index in [1.807, 2.05) is 34.9 Å². The number of ether oxygens (including phenoxy) is 2. The number of nitrogens with zero attached hydrogens (tertiary/aromatic N) is 2. The third kappa shape index (κ3) is 4.43. The molecule has 0 saturated carbocycles. The van der Waals surface area contributed by atoms with Crippen molar-refractivity contribution in [3.63, 3.8) is 0 Å². The fourth-order valence-corrected chi connectivity index (χ4v) is 1.87. The predicted octanol–water partition coefficient (Wildman–Crippen LogP) is 1.47. The van der Waals surface area contributed by atoms with Gasteiger partial charge < -0.3 is 19.3 Å². The molecule has 1 saturated heterocycles. The Morgan fingerprint density at radius 2 is 1.80 bits per heavy atom. The van der Waals surface area contributed by atoms with Crippen molar-refractivity contribution in [1.82, 2.24) is 9.80 Å². The Hall–Kier alpha value is -1.72. The van der Waals surface area contributed by atoms with Gasteiger partial charge in [-0.15, -0.1) is 0 Å². The van der Waals surface area contributed by atoms with Gasteiger partial charge in [0.2, 0.25) is 0 Å². The predicted molar refractivity (Wildman–Crippen MR) is 75.1 cm³/mol. The van der Waals surface area contributed by atoms with Gasteiger partial charge in [0.05, 0.1) is 12.7 Å². The molecule has 0 aromatic carbocycles. The fourth-order valence-electron chi connectivity index (χ4n) is 1.87. The topological polar surface area (TPSA) is 59.1 Å². The van der Waals surface area contributed by atoms with Crippen LogP contribution in [-0.4, -0.2) is 61.8 Å². The van der Waals surface area contributed by atoms with Gasteiger partial charge in [-0.05, 0) is 20.8 Å². The van der Waals surface area contributed by atoms with Crippen LogP contribution >= 0.6 is 0 Å². The second-order valence-electron chi connectivity index (χ2n) is 6.12. The first-order chi connectivity index (χ1) is 9.14. The Labute approximate surface area is 120 Å². The van der Waals surface area contributed by atoms with E-state index in [2.05, 4.69) is 0 Å². The zero-order valence-electron chi connectivity index (χ0n) is 13.1. The normalized spacial score (nSPS) is 16.5. The van der Waals surface area contributed by atoms with E-state index in [0.29, 0.717) is 18.7 Å². The van der Waals surface area contributed by atoms with Crippen LogP contribution in [0, 0.1) is 5.92 Å². The monoisotopic (exact) mass is 284 g/mol. The van der Waals surface area contributed by atoms with Gasteiger partial charge in [0.1, 0.15) is 5.60 Å². The minimum absolute atomic E-state index is 0.00244. The highest BCUT2D eigenvalue weighted by Gasteiger charge is 2.38. The highest BCUT2D eigenvalue weighted by molar-refractivity contribution is 5.89. The number of methoxy groups -OCH3 is 1. The lowest BCUT2D eigenvalue weighted by Gasteiger charge is -2.40. The molecule has 0 aromatic rings. The Morgan fingerprint density at radius 1 is 1.25 bits per heavy atom. The van der Waals surface area contributed by atoms with Gasteiger partial charge in [-0.3, -0.25) is 0 Å². The maximum Gasteiger partial charge on any atom is 0.410 e. The molecular formula is C14H24N2O4. The maximum atomic E-state index is 11.8. The van der Waals surface area contributed by atoms with Gasteiger partial charge in [-0.25, -0.2) is 9.59 Å². The average Bonchev–Trinajstić information content (AvgIpc) is 2.21. The summed E-state index contributed by atoms with van der Waals surface area (Å²) >= 11 is 0. The number of amides is 1. The van der Waals surface area contributed by atoms with Crippen molar-refractivity contribution in [3.05, 3.63) is 11.8 Å². The molecule has 6 heteroatoms. The zero-order chi connectivity index (χ0) is 15.5. The minimum Gasteiger partial charge on any atom is -0.466 e. The molecule has 0 N–H and O–H groups in total. The summed E-state index contributed by atoms with van der Waals surface area (Å²) in [5.74, 6) is -0.357. The number of hydrogen-bond donors (Lipinski definition) is 0. The molecule has 1 fully saturated rings. The van der Waals surface area contributed by atoms with Crippen molar-refractivity contribution < 1.29 is 19.1 Å². The highest BCUT2D eigenvalue weighted by atomic mass is 16.6. The lowest BCUT2D eigenvalue weighted by atomic mass is 9.92. The molecule has 0 aliphatic carbocycles. The van der Waals surface area contributed by atoms with Gasteiger partial charge >= 0.3 is 12.1 Å². The molecule has 20 heavy (non-hydrogen) atoms. The van der Waals surface area contributed by atoms with E-state index in [4.69, 9.17) is 9.47 Å². The van der Waals surface area contributed by atoms with Gasteiger partial charge in [0.25, 0.3) is 0 Å². The SMILES string of the molecule is COC(=O)/C(=C\N(C)C)C1CN(C(=O)OC(C)(C)C)C1. The number of likely N-dealkylation sites (tertiary alicyclic amines) is 1. The van der Waals surface area contributed by atoms with Crippen molar-refractivity contribution in [1.29, 1.82) is 0 Å². The van der Waals surface area contributed by atoms with Crippen molar-refractivity contribution in [3.8, 4) is 0 Å². The first-order valence-corrected chi connectivity index (χ1v) is 6.58. The van der Waals surface area contributed by atoms with E-state index in [0.717, 1.165) is 0 Å². The van der Waals surface area contributed by atoms with E-state index in [-0.39, 0.29) is 18.0 Å². The molecule has 1 aliphatic heterocycles. The van der Waals surface area contributed by atoms with Crippen molar-refractivity contribution >= 4 is 12.1 Å². The molecule has 0 aromatic heterocycles. The summed E-state index contributed by atoms with van der Waals surface area (Å²) in [7, 11) is 5.04. The first-order valence-electron chi connectivity index (χ1n) is 6.58. The van der Waals surface area contributed by atoms with Gasteiger partial charge in [0.15, 0.2) is 0 Å². The first kappa shape index (κ1) is 16.3. The molecule has 0 bridgehead atoms. The van der Waals surface area contributed by atoms with Crippen molar-refractivity contribution in [2.75, 3.05) is 34.3 Å². The average molecular weight is 284 g/mol. The standard InChI is InChI=1S/C14H24N2O4/c1-14(2,3)20-13(18)16-7-10(8-16)11(9-15(4)5)12(17)19-6/h9-10H,7-8H2,1-6H3/b11-9-. The number of esters is 1. The Morgan fingerprint density at radius 3 is 2.20 bits per heavy atom. The van der Waals surface area contributed by atoms with Crippen LogP contribution in [0.4, 0.5) is 4.79 Å². The number of rotatable bonds is 3. The Balaban J connectivity index is 2.61. The van der Waals surface area contributed by atoms with Gasteiger partial charge in [0, 0.05) is 39.3 Å². The highest BCUT2D eigenvalue weighted by Crippen LogP contribution is 2.26. The van der Waals surface area contributed by atoms with Gasteiger partial charge in [-0.2, -0.15) is 0 Å². The van der Waals surface area contributed by atoms with Crippen LogP contribution in [-0.2, 0) is 14.3 Å². The number of hydrogen-bond acceptors (Lipinski definition) is 5. The summed E-state index contributed by atoms with van der Waals surface area (Å²) in [4.78, 5) is 26.9. The summed E-state index contributed by atoms with van der Waals surface area (Å²) in [5, 5.41) is 0. The molecule has 0 spiro atoms. The van der Waals surface area contributed by atoms with E-state index in [9.17, 15) is 9.59 Å². The molecule has 1 aliphatic rings. The zero-order valence-corrected chi connectivity index (χ0v) is 13.1. The van der Waals surface area contributed by atoms with Gasteiger partial charge in [-0.1, -0.05) is 0 Å². The third-order valence-corrected chi connectivity index (χ3v) is 2.79. The summed E-state index contributed by atoms with van der Waals surface area (Å²) in [6, 6.07) is 0. The molecule has 0 radical (unpaired) electrons.